The van der Waals surface area contributed by atoms with Gasteiger partial charge < -0.3 is 18.5 Å². The number of fused-ring (bicyclic) bond motifs is 1. The molecule has 43 heavy (non-hydrogen) atoms. The lowest BCUT2D eigenvalue weighted by Gasteiger charge is -2.44. The minimum atomic E-state index is -2.76. The Bertz CT molecular complexity index is 1530. The molecule has 0 saturated heterocycles. The molecule has 1 aliphatic rings. The average molecular weight is 589 g/mol. The lowest BCUT2D eigenvalue weighted by Crippen LogP contribution is -2.67. The van der Waals surface area contributed by atoms with Gasteiger partial charge in [-0.2, -0.15) is 0 Å². The first-order chi connectivity index (χ1) is 21.0. The largest absolute Gasteiger partial charge is 0.405 e. The molecule has 6 rings (SSSR count). The highest BCUT2D eigenvalue weighted by atomic mass is 28.4. The van der Waals surface area contributed by atoms with Gasteiger partial charge in [0.1, 0.15) is 12.2 Å². The molecular weight excluding hydrogens is 549 g/mol. The van der Waals surface area contributed by atoms with Crippen molar-refractivity contribution in [1.29, 1.82) is 0 Å². The zero-order valence-corrected chi connectivity index (χ0v) is 26.2. The second-order valence-corrected chi connectivity index (χ2v) is 16.6. The van der Waals surface area contributed by atoms with Gasteiger partial charge in [0.25, 0.3) is 8.32 Å². The van der Waals surface area contributed by atoms with Crippen LogP contribution in [0.15, 0.2) is 134 Å². The summed E-state index contributed by atoms with van der Waals surface area (Å²) in [6.07, 6.45) is 3.29. The monoisotopic (exact) mass is 588 g/mol. The molecule has 0 saturated carbocycles. The van der Waals surface area contributed by atoms with Gasteiger partial charge in [0.15, 0.2) is 0 Å². The Morgan fingerprint density at radius 3 is 1.67 bits per heavy atom. The predicted molar refractivity (Wildman–Crippen MR) is 174 cm³/mol. The molecule has 1 aliphatic heterocycles. The number of imidazole rings is 1. The van der Waals surface area contributed by atoms with Crippen molar-refractivity contribution in [2.45, 2.75) is 57.3 Å². The molecule has 1 aromatic heterocycles. The van der Waals surface area contributed by atoms with Crippen molar-refractivity contribution < 1.29 is 13.9 Å². The molecule has 0 unspecified atom stereocenters. The van der Waals surface area contributed by atoms with Crippen LogP contribution in [0, 0.1) is 0 Å². The van der Waals surface area contributed by atoms with Crippen LogP contribution in [0.25, 0.3) is 0 Å². The van der Waals surface area contributed by atoms with E-state index in [4.69, 9.17) is 13.9 Å². The quantitative estimate of drug-likeness (QED) is 0.158. The third-order valence-corrected chi connectivity index (χ3v) is 13.5. The van der Waals surface area contributed by atoms with Gasteiger partial charge in [0.05, 0.1) is 44.1 Å². The molecule has 2 heterocycles. The molecule has 220 valence electrons. The first kappa shape index (κ1) is 29.3. The van der Waals surface area contributed by atoms with E-state index >= 15 is 0 Å². The predicted octanol–water partition coefficient (Wildman–Crippen LogP) is 6.86. The fraction of sp³-hybridized carbons (Fsp3) is 0.270. The van der Waals surface area contributed by atoms with Gasteiger partial charge >= 0.3 is 0 Å². The fourth-order valence-electron chi connectivity index (χ4n) is 6.39. The Morgan fingerprint density at radius 1 is 0.674 bits per heavy atom. The van der Waals surface area contributed by atoms with E-state index in [0.29, 0.717) is 19.8 Å². The van der Waals surface area contributed by atoms with E-state index in [-0.39, 0.29) is 23.3 Å². The van der Waals surface area contributed by atoms with Crippen molar-refractivity contribution in [1.82, 2.24) is 9.55 Å². The van der Waals surface area contributed by atoms with Crippen molar-refractivity contribution >= 4 is 18.7 Å². The number of hydrogen-bond acceptors (Lipinski definition) is 4. The molecule has 6 heteroatoms. The van der Waals surface area contributed by atoms with E-state index in [9.17, 15) is 0 Å². The molecule has 4 aromatic carbocycles. The second-order valence-electron chi connectivity index (χ2n) is 12.2. The van der Waals surface area contributed by atoms with E-state index in [2.05, 4.69) is 115 Å². The van der Waals surface area contributed by atoms with Gasteiger partial charge in [-0.15, -0.1) is 0 Å². The Kier molecular flexibility index (Phi) is 8.72. The number of aromatic nitrogens is 2. The van der Waals surface area contributed by atoms with Crippen LogP contribution < -0.4 is 10.4 Å². The number of hydrogen-bond donors (Lipinski definition) is 0. The lowest BCUT2D eigenvalue weighted by atomic mass is 10.1. The van der Waals surface area contributed by atoms with Crippen LogP contribution in [-0.4, -0.2) is 30.6 Å². The maximum absolute atomic E-state index is 7.42. The molecule has 0 bridgehead atoms. The molecule has 0 N–H and O–H groups in total. The molecule has 3 atom stereocenters. The fourth-order valence-corrected chi connectivity index (χ4v) is 11.0. The molecule has 0 aliphatic carbocycles. The van der Waals surface area contributed by atoms with E-state index in [1.54, 1.807) is 0 Å². The van der Waals surface area contributed by atoms with Crippen molar-refractivity contribution in [3.63, 3.8) is 0 Å². The van der Waals surface area contributed by atoms with Gasteiger partial charge in [0, 0.05) is 0 Å². The first-order valence-electron chi connectivity index (χ1n) is 15.1. The number of nitrogens with zero attached hydrogens (tertiary/aromatic N) is 2. The van der Waals surface area contributed by atoms with Crippen molar-refractivity contribution in [3.05, 3.63) is 151 Å². The van der Waals surface area contributed by atoms with Crippen LogP contribution in [0.5, 0.6) is 0 Å². The van der Waals surface area contributed by atoms with Gasteiger partial charge in [-0.1, -0.05) is 142 Å². The highest BCUT2D eigenvalue weighted by Crippen LogP contribution is 2.43. The first-order valence-corrected chi connectivity index (χ1v) is 17.0. The van der Waals surface area contributed by atoms with E-state index in [1.807, 2.05) is 48.9 Å². The summed E-state index contributed by atoms with van der Waals surface area (Å²) in [5.74, 6) is 0. The van der Waals surface area contributed by atoms with Crippen LogP contribution in [0.2, 0.25) is 5.04 Å². The zero-order chi connectivity index (χ0) is 29.7. The average Bonchev–Trinajstić information content (AvgIpc) is 3.62. The zero-order valence-electron chi connectivity index (χ0n) is 25.2. The smallest absolute Gasteiger partial charge is 0.261 e. The highest BCUT2D eigenvalue weighted by molar-refractivity contribution is 6.99. The van der Waals surface area contributed by atoms with Crippen LogP contribution in [0.1, 0.15) is 49.7 Å². The number of ether oxygens (including phenoxy) is 2. The highest BCUT2D eigenvalue weighted by Gasteiger charge is 2.52. The Labute approximate surface area is 256 Å². The van der Waals surface area contributed by atoms with E-state index < -0.39 is 8.32 Å². The molecular formula is C37H40N2O3Si. The van der Waals surface area contributed by atoms with Gasteiger partial charge in [-0.3, -0.25) is 0 Å². The van der Waals surface area contributed by atoms with Crippen molar-refractivity contribution in [2.75, 3.05) is 6.61 Å². The Morgan fingerprint density at radius 2 is 1.16 bits per heavy atom. The summed E-state index contributed by atoms with van der Waals surface area (Å²) < 4.78 is 23.0. The SMILES string of the molecule is CC(C)(C)[Si](OC[C@@H]1[C@H](OCc2ccccc2)[C@H](OCc2ccccc2)c2cncn21)(c1ccccc1)c1ccccc1. The number of benzene rings is 4. The van der Waals surface area contributed by atoms with Crippen LogP contribution >= 0.6 is 0 Å². The van der Waals surface area contributed by atoms with Crippen LogP contribution in [-0.2, 0) is 27.1 Å². The summed E-state index contributed by atoms with van der Waals surface area (Å²) in [6, 6.07) is 42.1. The number of rotatable bonds is 11. The molecule has 0 spiro atoms. The lowest BCUT2D eigenvalue weighted by molar-refractivity contribution is -0.0957. The standard InChI is InChI=1S/C37H40N2O3Si/c1-37(2,3)43(31-20-12-6-13-21-31,32-22-14-7-15-23-32)42-27-34-36(41-26-30-18-10-5-11-19-30)35(33-24-38-28-39(33)34)40-25-29-16-8-4-9-17-29/h4-24,28,34-36H,25-27H2,1-3H3/t34-,35-,36+/m1/s1. The van der Waals surface area contributed by atoms with Gasteiger partial charge in [-0.25, -0.2) is 4.98 Å². The van der Waals surface area contributed by atoms with Gasteiger partial charge in [0.2, 0.25) is 0 Å². The maximum atomic E-state index is 7.42. The van der Waals surface area contributed by atoms with Crippen LogP contribution in [0.4, 0.5) is 0 Å². The van der Waals surface area contributed by atoms with Crippen molar-refractivity contribution in [2.24, 2.45) is 0 Å². The molecule has 0 radical (unpaired) electrons. The normalized spacial score (nSPS) is 18.4. The van der Waals surface area contributed by atoms with Crippen LogP contribution in [0.3, 0.4) is 0 Å². The summed E-state index contributed by atoms with van der Waals surface area (Å²) in [5, 5.41) is 2.39. The van der Waals surface area contributed by atoms with E-state index in [0.717, 1.165) is 16.8 Å². The summed E-state index contributed by atoms with van der Waals surface area (Å²) >= 11 is 0. The third-order valence-electron chi connectivity index (χ3n) is 8.47. The molecule has 5 nitrogen and oxygen atoms in total. The van der Waals surface area contributed by atoms with E-state index in [1.165, 1.54) is 10.4 Å². The van der Waals surface area contributed by atoms with Crippen molar-refractivity contribution in [3.8, 4) is 0 Å². The van der Waals surface area contributed by atoms with Gasteiger partial charge in [-0.05, 0) is 26.5 Å². The molecule has 0 amide bonds. The Balaban J connectivity index is 1.35. The topological polar surface area (TPSA) is 45.5 Å². The summed E-state index contributed by atoms with van der Waals surface area (Å²) in [5.41, 5.74) is 3.28. The minimum absolute atomic E-state index is 0.108. The minimum Gasteiger partial charge on any atom is -0.405 e. The summed E-state index contributed by atoms with van der Waals surface area (Å²) in [4.78, 5) is 4.54. The second kappa shape index (κ2) is 12.8. The Hall–Kier alpha value is -3.81. The molecule has 0 fully saturated rings. The molecule has 5 aromatic rings. The summed E-state index contributed by atoms with van der Waals surface area (Å²) in [6.45, 7) is 8.39. The maximum Gasteiger partial charge on any atom is 0.261 e. The summed E-state index contributed by atoms with van der Waals surface area (Å²) in [7, 11) is -2.76. The third kappa shape index (κ3) is 6.01.